The molecule has 0 aliphatic carbocycles. The number of aromatic nitrogens is 3. The molecule has 9 heteroatoms. The van der Waals surface area contributed by atoms with Gasteiger partial charge in [-0.3, -0.25) is 0 Å². The van der Waals surface area contributed by atoms with Crippen molar-refractivity contribution in [3.8, 4) is 0 Å². The zero-order chi connectivity index (χ0) is 14.8. The topological polar surface area (TPSA) is 76.7 Å². The van der Waals surface area contributed by atoms with Crippen LogP contribution in [0.4, 0.5) is 19.0 Å². The number of hydrazine groups is 1. The summed E-state index contributed by atoms with van der Waals surface area (Å²) in [6.07, 6.45) is -3.60. The van der Waals surface area contributed by atoms with Crippen molar-refractivity contribution in [2.75, 3.05) is 5.43 Å². The van der Waals surface area contributed by atoms with Crippen LogP contribution in [0.1, 0.15) is 11.4 Å². The number of nitrogens with zero attached hydrogens (tertiary/aromatic N) is 3. The number of aryl methyl sites for hydroxylation is 1. The number of nitrogens with two attached hydrogens (primary N) is 1. The maximum absolute atomic E-state index is 12.4. The molecule has 20 heavy (non-hydrogen) atoms. The molecule has 0 aromatic carbocycles. The zero-order valence-corrected chi connectivity index (χ0v) is 11.1. The van der Waals surface area contributed by atoms with Crippen LogP contribution in [0.25, 0.3) is 0 Å². The Morgan fingerprint density at radius 2 is 1.95 bits per heavy atom. The minimum atomic E-state index is -4.39. The molecule has 0 saturated carbocycles. The number of rotatable bonds is 3. The third-order valence-electron chi connectivity index (χ3n) is 2.24. The lowest BCUT2D eigenvalue weighted by molar-refractivity contribution is -0.137. The van der Waals surface area contributed by atoms with Crippen LogP contribution >= 0.6 is 11.8 Å². The van der Waals surface area contributed by atoms with E-state index in [-0.39, 0.29) is 0 Å². The van der Waals surface area contributed by atoms with E-state index in [9.17, 15) is 13.2 Å². The van der Waals surface area contributed by atoms with E-state index in [2.05, 4.69) is 20.4 Å². The van der Waals surface area contributed by atoms with E-state index < -0.39 is 11.7 Å². The van der Waals surface area contributed by atoms with Gasteiger partial charge >= 0.3 is 6.18 Å². The van der Waals surface area contributed by atoms with Crippen LogP contribution in [0.3, 0.4) is 0 Å². The highest BCUT2D eigenvalue weighted by molar-refractivity contribution is 7.99. The first-order valence-corrected chi connectivity index (χ1v) is 6.23. The maximum Gasteiger partial charge on any atom is 0.417 e. The molecule has 0 atom stereocenters. The second-order valence-corrected chi connectivity index (χ2v) is 4.81. The number of hydrogen-bond acceptors (Lipinski definition) is 6. The van der Waals surface area contributed by atoms with E-state index in [0.717, 1.165) is 24.0 Å². The molecule has 2 heterocycles. The number of halogens is 3. The van der Waals surface area contributed by atoms with Crippen LogP contribution in [0.5, 0.6) is 0 Å². The molecular formula is C11H10F3N5S. The lowest BCUT2D eigenvalue weighted by atomic mass is 10.3. The van der Waals surface area contributed by atoms with Crippen molar-refractivity contribution in [3.63, 3.8) is 0 Å². The molecule has 2 aromatic rings. The average Bonchev–Trinajstić information content (AvgIpc) is 2.37. The summed E-state index contributed by atoms with van der Waals surface area (Å²) in [6, 6.07) is 3.85. The molecule has 0 spiro atoms. The molecule has 0 unspecified atom stereocenters. The van der Waals surface area contributed by atoms with E-state index in [4.69, 9.17) is 5.84 Å². The fourth-order valence-corrected chi connectivity index (χ4v) is 2.19. The maximum atomic E-state index is 12.4. The number of nitrogen functional groups attached to an aromatic ring is 1. The third-order valence-corrected chi connectivity index (χ3v) is 3.10. The summed E-state index contributed by atoms with van der Waals surface area (Å²) in [6.45, 7) is 1.69. The predicted octanol–water partition coefficient (Wildman–Crippen LogP) is 2.64. The quantitative estimate of drug-likeness (QED) is 0.515. The molecule has 2 rings (SSSR count). The lowest BCUT2D eigenvalue weighted by Crippen LogP contribution is -2.09. The van der Waals surface area contributed by atoms with Crippen LogP contribution in [0.2, 0.25) is 0 Å². The Morgan fingerprint density at radius 3 is 2.50 bits per heavy atom. The van der Waals surface area contributed by atoms with Gasteiger partial charge < -0.3 is 5.43 Å². The van der Waals surface area contributed by atoms with Crippen LogP contribution in [0.15, 0.2) is 34.4 Å². The predicted molar refractivity (Wildman–Crippen MR) is 67.9 cm³/mol. The third kappa shape index (κ3) is 3.58. The van der Waals surface area contributed by atoms with E-state index in [1.54, 1.807) is 13.0 Å². The van der Waals surface area contributed by atoms with Crippen molar-refractivity contribution in [1.29, 1.82) is 0 Å². The minimum Gasteiger partial charge on any atom is -0.308 e. The standard InChI is InChI=1S/C11H10F3N5S/c1-6-17-8(19-15)4-10(18-6)20-9-3-2-7(5-16-9)11(12,13)14/h2-5H,15H2,1H3,(H,17,18,19). The van der Waals surface area contributed by atoms with Crippen LogP contribution in [-0.4, -0.2) is 15.0 Å². The molecule has 2 aromatic heterocycles. The van der Waals surface area contributed by atoms with Crippen molar-refractivity contribution in [1.82, 2.24) is 15.0 Å². The summed E-state index contributed by atoms with van der Waals surface area (Å²) in [5, 5.41) is 0.941. The monoisotopic (exact) mass is 301 g/mol. The van der Waals surface area contributed by atoms with E-state index >= 15 is 0 Å². The highest BCUT2D eigenvalue weighted by Crippen LogP contribution is 2.31. The van der Waals surface area contributed by atoms with E-state index in [1.807, 2.05) is 0 Å². The average molecular weight is 301 g/mol. The van der Waals surface area contributed by atoms with Gasteiger partial charge in [-0.2, -0.15) is 13.2 Å². The lowest BCUT2D eigenvalue weighted by Gasteiger charge is -2.07. The van der Waals surface area contributed by atoms with Gasteiger partial charge in [0, 0.05) is 12.3 Å². The van der Waals surface area contributed by atoms with Crippen molar-refractivity contribution in [3.05, 3.63) is 35.8 Å². The number of pyridine rings is 1. The van der Waals surface area contributed by atoms with E-state index in [0.29, 0.717) is 21.7 Å². The van der Waals surface area contributed by atoms with Crippen LogP contribution in [-0.2, 0) is 6.18 Å². The molecule has 0 radical (unpaired) electrons. The molecule has 0 aliphatic heterocycles. The molecule has 0 saturated heterocycles. The Hall–Kier alpha value is -1.87. The molecule has 5 nitrogen and oxygen atoms in total. The molecule has 0 aliphatic rings. The number of anilines is 1. The highest BCUT2D eigenvalue weighted by Gasteiger charge is 2.30. The summed E-state index contributed by atoms with van der Waals surface area (Å²) in [7, 11) is 0. The van der Waals surface area contributed by atoms with Gasteiger partial charge in [0.15, 0.2) is 0 Å². The van der Waals surface area contributed by atoms with Crippen molar-refractivity contribution < 1.29 is 13.2 Å². The van der Waals surface area contributed by atoms with Gasteiger partial charge in [0.05, 0.1) is 5.56 Å². The second-order valence-electron chi connectivity index (χ2n) is 3.77. The Balaban J connectivity index is 2.20. The normalized spacial score (nSPS) is 11.4. The Bertz CT molecular complexity index is 600. The summed E-state index contributed by atoms with van der Waals surface area (Å²) < 4.78 is 37.2. The van der Waals surface area contributed by atoms with Crippen molar-refractivity contribution in [2.45, 2.75) is 23.2 Å². The van der Waals surface area contributed by atoms with Gasteiger partial charge in [0.1, 0.15) is 21.7 Å². The van der Waals surface area contributed by atoms with Crippen LogP contribution < -0.4 is 11.3 Å². The fraction of sp³-hybridized carbons (Fsp3) is 0.182. The number of nitrogens with one attached hydrogen (secondary N) is 1. The highest BCUT2D eigenvalue weighted by atomic mass is 32.2. The van der Waals surface area contributed by atoms with Crippen molar-refractivity contribution >= 4 is 17.6 Å². The fourth-order valence-electron chi connectivity index (χ4n) is 1.38. The van der Waals surface area contributed by atoms with Gasteiger partial charge in [-0.25, -0.2) is 20.8 Å². The summed E-state index contributed by atoms with van der Waals surface area (Å²) in [5.74, 6) is 6.18. The molecule has 3 N–H and O–H groups in total. The summed E-state index contributed by atoms with van der Waals surface area (Å²) in [5.41, 5.74) is 1.60. The Labute approximate surface area is 116 Å². The number of alkyl halides is 3. The van der Waals surface area contributed by atoms with Gasteiger partial charge in [-0.15, -0.1) is 0 Å². The molecule has 0 fully saturated rings. The minimum absolute atomic E-state index is 0.402. The first-order valence-electron chi connectivity index (χ1n) is 5.42. The second kappa shape index (κ2) is 5.63. The van der Waals surface area contributed by atoms with Crippen molar-refractivity contribution in [2.24, 2.45) is 5.84 Å². The largest absolute Gasteiger partial charge is 0.417 e. The van der Waals surface area contributed by atoms with Gasteiger partial charge in [-0.05, 0) is 30.8 Å². The van der Waals surface area contributed by atoms with E-state index in [1.165, 1.54) is 6.07 Å². The van der Waals surface area contributed by atoms with Crippen LogP contribution in [0, 0.1) is 6.92 Å². The van der Waals surface area contributed by atoms with Gasteiger partial charge in [-0.1, -0.05) is 0 Å². The zero-order valence-electron chi connectivity index (χ0n) is 10.3. The first-order chi connectivity index (χ1) is 9.38. The summed E-state index contributed by atoms with van der Waals surface area (Å²) in [4.78, 5) is 11.9. The SMILES string of the molecule is Cc1nc(NN)cc(Sc2ccc(C(F)(F)F)cn2)n1. The summed E-state index contributed by atoms with van der Waals surface area (Å²) >= 11 is 1.13. The van der Waals surface area contributed by atoms with Gasteiger partial charge in [0.2, 0.25) is 0 Å². The molecule has 0 amide bonds. The smallest absolute Gasteiger partial charge is 0.308 e. The Morgan fingerprint density at radius 1 is 1.20 bits per heavy atom. The first kappa shape index (κ1) is 14.5. The Kier molecular flexibility index (Phi) is 4.09. The molecular weight excluding hydrogens is 291 g/mol. The van der Waals surface area contributed by atoms with Gasteiger partial charge in [0.25, 0.3) is 0 Å². The molecule has 0 bridgehead atoms. The number of hydrogen-bond donors (Lipinski definition) is 2. The molecule has 106 valence electrons.